The number of halogens is 2. The van der Waals surface area contributed by atoms with Gasteiger partial charge in [-0.1, -0.05) is 39.7 Å². The van der Waals surface area contributed by atoms with E-state index < -0.39 is 0 Å². The molecule has 0 radical (unpaired) electrons. The Morgan fingerprint density at radius 1 is 1.26 bits per heavy atom. The maximum absolute atomic E-state index is 5.98. The van der Waals surface area contributed by atoms with Crippen LogP contribution in [0, 0.1) is 0 Å². The fraction of sp³-hybridized carbons (Fsp3) is 0.200. The Morgan fingerprint density at radius 3 is 2.74 bits per heavy atom. The van der Waals surface area contributed by atoms with E-state index in [4.69, 9.17) is 22.1 Å². The molecule has 2 aromatic rings. The lowest BCUT2D eigenvalue weighted by Crippen LogP contribution is -2.08. The van der Waals surface area contributed by atoms with Crippen molar-refractivity contribution in [3.63, 3.8) is 0 Å². The van der Waals surface area contributed by atoms with Crippen LogP contribution in [0.25, 0.3) is 0 Å². The van der Waals surface area contributed by atoms with Gasteiger partial charge in [-0.3, -0.25) is 0 Å². The molecule has 0 unspecified atom stereocenters. The number of rotatable bonds is 4. The summed E-state index contributed by atoms with van der Waals surface area (Å²) in [5.41, 5.74) is 7.95. The molecule has 2 rings (SSSR count). The molecular weight excluding hydrogens is 326 g/mol. The number of nitrogens with two attached hydrogens (primary N) is 1. The molecule has 0 spiro atoms. The van der Waals surface area contributed by atoms with Crippen LogP contribution in [-0.4, -0.2) is 0 Å². The first-order valence-corrected chi connectivity index (χ1v) is 7.15. The van der Waals surface area contributed by atoms with Gasteiger partial charge in [-0.2, -0.15) is 0 Å². The lowest BCUT2D eigenvalue weighted by Gasteiger charge is -2.14. The summed E-state index contributed by atoms with van der Waals surface area (Å²) >= 11 is 9.42. The van der Waals surface area contributed by atoms with Crippen LogP contribution < -0.4 is 10.5 Å². The van der Waals surface area contributed by atoms with Crippen molar-refractivity contribution in [2.75, 3.05) is 0 Å². The second kappa shape index (κ2) is 6.42. The van der Waals surface area contributed by atoms with Gasteiger partial charge in [0, 0.05) is 21.1 Å². The molecule has 2 nitrogen and oxygen atoms in total. The van der Waals surface area contributed by atoms with Gasteiger partial charge >= 0.3 is 0 Å². The van der Waals surface area contributed by atoms with Crippen molar-refractivity contribution in [2.45, 2.75) is 19.6 Å². The standard InChI is InChI=1S/C15H15BrClNO/c1-10(18)14-8-13(17)5-6-15(14)19-9-11-3-2-4-12(16)7-11/h2-8,10H,9,18H2,1H3/t10-/m0/s1. The molecule has 0 saturated carbocycles. The fourth-order valence-electron chi connectivity index (χ4n) is 1.79. The van der Waals surface area contributed by atoms with E-state index in [1.807, 2.05) is 49.4 Å². The third-order valence-corrected chi connectivity index (χ3v) is 3.47. The molecule has 1 atom stereocenters. The third kappa shape index (κ3) is 3.96. The minimum Gasteiger partial charge on any atom is -0.489 e. The van der Waals surface area contributed by atoms with E-state index in [0.717, 1.165) is 21.3 Å². The number of hydrogen-bond acceptors (Lipinski definition) is 2. The smallest absolute Gasteiger partial charge is 0.124 e. The normalized spacial score (nSPS) is 12.2. The highest BCUT2D eigenvalue weighted by molar-refractivity contribution is 9.10. The molecule has 0 fully saturated rings. The zero-order chi connectivity index (χ0) is 13.8. The fourth-order valence-corrected chi connectivity index (χ4v) is 2.42. The topological polar surface area (TPSA) is 35.2 Å². The number of ether oxygens (including phenoxy) is 1. The first kappa shape index (κ1) is 14.4. The molecule has 0 amide bonds. The quantitative estimate of drug-likeness (QED) is 0.875. The van der Waals surface area contributed by atoms with Crippen LogP contribution in [0.5, 0.6) is 5.75 Å². The van der Waals surface area contributed by atoms with Gasteiger partial charge in [0.05, 0.1) is 0 Å². The van der Waals surface area contributed by atoms with Crippen LogP contribution in [0.1, 0.15) is 24.1 Å². The summed E-state index contributed by atoms with van der Waals surface area (Å²) in [5, 5.41) is 0.669. The molecule has 0 aliphatic rings. The first-order valence-electron chi connectivity index (χ1n) is 5.98. The minimum absolute atomic E-state index is 0.115. The van der Waals surface area contributed by atoms with E-state index in [9.17, 15) is 0 Å². The van der Waals surface area contributed by atoms with Crippen molar-refractivity contribution in [3.05, 3.63) is 63.1 Å². The highest BCUT2D eigenvalue weighted by atomic mass is 79.9. The molecule has 19 heavy (non-hydrogen) atoms. The van der Waals surface area contributed by atoms with Gasteiger partial charge in [-0.05, 0) is 42.8 Å². The second-order valence-corrected chi connectivity index (χ2v) is 5.74. The second-order valence-electron chi connectivity index (χ2n) is 4.39. The van der Waals surface area contributed by atoms with Crippen molar-refractivity contribution in [3.8, 4) is 5.75 Å². The summed E-state index contributed by atoms with van der Waals surface area (Å²) in [6, 6.07) is 13.4. The molecule has 2 N–H and O–H groups in total. The largest absolute Gasteiger partial charge is 0.489 e. The van der Waals surface area contributed by atoms with Crippen LogP contribution in [0.2, 0.25) is 5.02 Å². The molecule has 0 heterocycles. The van der Waals surface area contributed by atoms with Crippen molar-refractivity contribution in [1.82, 2.24) is 0 Å². The number of benzene rings is 2. The van der Waals surface area contributed by atoms with Gasteiger partial charge < -0.3 is 10.5 Å². The Labute approximate surface area is 126 Å². The lowest BCUT2D eigenvalue weighted by molar-refractivity contribution is 0.301. The molecule has 4 heteroatoms. The number of hydrogen-bond donors (Lipinski definition) is 1. The molecular formula is C15H15BrClNO. The molecule has 0 aliphatic carbocycles. The summed E-state index contributed by atoms with van der Waals surface area (Å²) in [6.07, 6.45) is 0. The van der Waals surface area contributed by atoms with Crippen molar-refractivity contribution >= 4 is 27.5 Å². The SMILES string of the molecule is C[C@H](N)c1cc(Cl)ccc1OCc1cccc(Br)c1. The zero-order valence-electron chi connectivity index (χ0n) is 10.6. The molecule has 0 aliphatic heterocycles. The highest BCUT2D eigenvalue weighted by Gasteiger charge is 2.09. The monoisotopic (exact) mass is 339 g/mol. The molecule has 100 valence electrons. The lowest BCUT2D eigenvalue weighted by atomic mass is 10.1. The van der Waals surface area contributed by atoms with Gasteiger partial charge in [0.2, 0.25) is 0 Å². The van der Waals surface area contributed by atoms with Gasteiger partial charge in [-0.25, -0.2) is 0 Å². The molecule has 0 saturated heterocycles. The van der Waals surface area contributed by atoms with Crippen LogP contribution in [0.15, 0.2) is 46.9 Å². The molecule has 2 aromatic carbocycles. The minimum atomic E-state index is -0.115. The zero-order valence-corrected chi connectivity index (χ0v) is 12.9. The van der Waals surface area contributed by atoms with Gasteiger partial charge in [0.15, 0.2) is 0 Å². The third-order valence-electron chi connectivity index (χ3n) is 2.75. The predicted octanol–water partition coefficient (Wildman–Crippen LogP) is 4.70. The van der Waals surface area contributed by atoms with E-state index in [2.05, 4.69) is 15.9 Å². The van der Waals surface area contributed by atoms with Crippen LogP contribution in [-0.2, 0) is 6.61 Å². The summed E-state index contributed by atoms with van der Waals surface area (Å²) in [4.78, 5) is 0. The summed E-state index contributed by atoms with van der Waals surface area (Å²) in [6.45, 7) is 2.42. The average molecular weight is 341 g/mol. The highest BCUT2D eigenvalue weighted by Crippen LogP contribution is 2.28. The van der Waals surface area contributed by atoms with E-state index >= 15 is 0 Å². The Bertz CT molecular complexity index is 572. The van der Waals surface area contributed by atoms with Crippen molar-refractivity contribution in [1.29, 1.82) is 0 Å². The summed E-state index contributed by atoms with van der Waals surface area (Å²) < 4.78 is 6.87. The van der Waals surface area contributed by atoms with Crippen LogP contribution in [0.4, 0.5) is 0 Å². The van der Waals surface area contributed by atoms with E-state index in [-0.39, 0.29) is 6.04 Å². The van der Waals surface area contributed by atoms with Crippen molar-refractivity contribution < 1.29 is 4.74 Å². The predicted molar refractivity (Wildman–Crippen MR) is 82.5 cm³/mol. The Hall–Kier alpha value is -1.03. The average Bonchev–Trinajstić information content (AvgIpc) is 2.37. The van der Waals surface area contributed by atoms with E-state index in [1.54, 1.807) is 0 Å². The van der Waals surface area contributed by atoms with E-state index in [0.29, 0.717) is 11.6 Å². The summed E-state index contributed by atoms with van der Waals surface area (Å²) in [5.74, 6) is 0.777. The van der Waals surface area contributed by atoms with Crippen LogP contribution >= 0.6 is 27.5 Å². The van der Waals surface area contributed by atoms with Gasteiger partial charge in [-0.15, -0.1) is 0 Å². The Balaban J connectivity index is 2.15. The maximum atomic E-state index is 5.98. The molecule has 0 bridgehead atoms. The van der Waals surface area contributed by atoms with E-state index in [1.165, 1.54) is 0 Å². The van der Waals surface area contributed by atoms with Gasteiger partial charge in [0.25, 0.3) is 0 Å². The van der Waals surface area contributed by atoms with Gasteiger partial charge in [0.1, 0.15) is 12.4 Å². The van der Waals surface area contributed by atoms with Crippen LogP contribution in [0.3, 0.4) is 0 Å². The Kier molecular flexibility index (Phi) is 4.86. The summed E-state index contributed by atoms with van der Waals surface area (Å²) in [7, 11) is 0. The van der Waals surface area contributed by atoms with Crippen molar-refractivity contribution in [2.24, 2.45) is 5.73 Å². The Morgan fingerprint density at radius 2 is 2.05 bits per heavy atom. The first-order chi connectivity index (χ1) is 9.06. The molecule has 0 aromatic heterocycles. The maximum Gasteiger partial charge on any atom is 0.124 e.